The highest BCUT2D eigenvalue weighted by Crippen LogP contribution is 2.34. The number of hydrogen-bond acceptors (Lipinski definition) is 9. The van der Waals surface area contributed by atoms with Gasteiger partial charge in [-0.1, -0.05) is 12.1 Å². The normalized spacial score (nSPS) is 20.7. The Morgan fingerprint density at radius 2 is 1.59 bits per heavy atom. The second-order valence-electron chi connectivity index (χ2n) is 11.1. The zero-order valence-corrected chi connectivity index (χ0v) is 22.7. The van der Waals surface area contributed by atoms with Crippen molar-refractivity contribution in [3.8, 4) is 11.1 Å². The molecule has 1 atom stereocenters. The van der Waals surface area contributed by atoms with Crippen LogP contribution in [0, 0.1) is 5.82 Å². The van der Waals surface area contributed by atoms with Crippen molar-refractivity contribution in [3.63, 3.8) is 0 Å². The van der Waals surface area contributed by atoms with Crippen molar-refractivity contribution in [2.24, 2.45) is 5.73 Å². The van der Waals surface area contributed by atoms with Crippen LogP contribution in [0.15, 0.2) is 67.6 Å². The van der Waals surface area contributed by atoms with Crippen LogP contribution in [0.25, 0.3) is 16.6 Å². The highest BCUT2D eigenvalue weighted by atomic mass is 19.1. The van der Waals surface area contributed by atoms with Crippen molar-refractivity contribution in [3.05, 3.63) is 84.6 Å². The predicted molar refractivity (Wildman–Crippen MR) is 152 cm³/mol. The SMILES string of the molecule is C[C@](N)(c1ccc(F)cc1)c1cnc(N2CCN(c3ncnn4cc(-c5cnn(C6CC(O)C6)c5)cc34)CC2)nc1. The maximum Gasteiger partial charge on any atom is 0.225 e. The molecule has 41 heavy (non-hydrogen) atoms. The van der Waals surface area contributed by atoms with Gasteiger partial charge in [0, 0.05) is 67.7 Å². The molecule has 1 aliphatic carbocycles. The van der Waals surface area contributed by atoms with Crippen molar-refractivity contribution in [1.82, 2.24) is 34.3 Å². The predicted octanol–water partition coefficient (Wildman–Crippen LogP) is 2.77. The first kappa shape index (κ1) is 25.5. The minimum Gasteiger partial charge on any atom is -0.393 e. The summed E-state index contributed by atoms with van der Waals surface area (Å²) in [7, 11) is 0. The van der Waals surface area contributed by atoms with Crippen LogP contribution in [0.1, 0.15) is 36.9 Å². The van der Waals surface area contributed by atoms with Crippen LogP contribution in [0.3, 0.4) is 0 Å². The molecule has 1 aromatic carbocycles. The summed E-state index contributed by atoms with van der Waals surface area (Å²) in [4.78, 5) is 18.3. The number of aromatic nitrogens is 7. The fourth-order valence-electron chi connectivity index (χ4n) is 5.61. The Morgan fingerprint density at radius 3 is 2.29 bits per heavy atom. The zero-order valence-electron chi connectivity index (χ0n) is 22.7. The van der Waals surface area contributed by atoms with E-state index in [0.29, 0.717) is 5.95 Å². The topological polar surface area (TPSA) is 127 Å². The summed E-state index contributed by atoms with van der Waals surface area (Å²) in [6.07, 6.45) is 12.3. The van der Waals surface area contributed by atoms with E-state index in [-0.39, 0.29) is 18.0 Å². The Kier molecular flexibility index (Phi) is 6.16. The molecule has 2 aliphatic rings. The van der Waals surface area contributed by atoms with Crippen LogP contribution in [0.2, 0.25) is 0 Å². The number of benzene rings is 1. The van der Waals surface area contributed by atoms with Gasteiger partial charge in [0.15, 0.2) is 5.82 Å². The Labute approximate surface area is 236 Å². The lowest BCUT2D eigenvalue weighted by Gasteiger charge is -2.35. The molecule has 1 aliphatic heterocycles. The molecule has 0 bridgehead atoms. The summed E-state index contributed by atoms with van der Waals surface area (Å²) < 4.78 is 17.2. The third-order valence-electron chi connectivity index (χ3n) is 8.33. The van der Waals surface area contributed by atoms with Gasteiger partial charge in [-0.3, -0.25) is 4.68 Å². The van der Waals surface area contributed by atoms with Gasteiger partial charge < -0.3 is 20.6 Å². The third-order valence-corrected chi connectivity index (χ3v) is 8.33. The number of rotatable bonds is 6. The van der Waals surface area contributed by atoms with E-state index in [4.69, 9.17) is 5.73 Å². The molecule has 4 aromatic heterocycles. The number of aliphatic hydroxyl groups excluding tert-OH is 1. The van der Waals surface area contributed by atoms with Crippen LogP contribution < -0.4 is 15.5 Å². The smallest absolute Gasteiger partial charge is 0.225 e. The average Bonchev–Trinajstić information content (AvgIpc) is 3.63. The number of aliphatic hydroxyl groups is 1. The first-order chi connectivity index (χ1) is 19.8. The summed E-state index contributed by atoms with van der Waals surface area (Å²) >= 11 is 0. The zero-order chi connectivity index (χ0) is 28.1. The molecule has 0 radical (unpaired) electrons. The van der Waals surface area contributed by atoms with Crippen LogP contribution in [0.4, 0.5) is 16.2 Å². The van der Waals surface area contributed by atoms with E-state index in [1.807, 2.05) is 34.7 Å². The van der Waals surface area contributed by atoms with Crippen molar-refractivity contribution in [1.29, 1.82) is 0 Å². The van der Waals surface area contributed by atoms with E-state index in [2.05, 4.69) is 41.0 Å². The van der Waals surface area contributed by atoms with Gasteiger partial charge in [-0.05, 0) is 43.5 Å². The monoisotopic (exact) mass is 554 g/mol. The molecule has 5 heterocycles. The van der Waals surface area contributed by atoms with Gasteiger partial charge in [0.1, 0.15) is 17.7 Å². The number of anilines is 2. The molecule has 0 spiro atoms. The Hall–Kier alpha value is -4.42. The van der Waals surface area contributed by atoms with Crippen molar-refractivity contribution in [2.45, 2.75) is 37.5 Å². The molecule has 0 unspecified atom stereocenters. The van der Waals surface area contributed by atoms with E-state index in [1.54, 1.807) is 30.9 Å². The quantitative estimate of drug-likeness (QED) is 0.326. The van der Waals surface area contributed by atoms with Crippen molar-refractivity contribution >= 4 is 17.3 Å². The summed E-state index contributed by atoms with van der Waals surface area (Å²) in [5, 5.41) is 18.6. The standard InChI is InChI=1S/C29H31FN10O/c1-29(31,21-2-4-23(30)5-3-21)22-14-32-28(33-15-22)38-8-6-37(7-9-38)27-26-10-19(16-40(26)36-18-34-27)20-13-35-39(17-20)24-11-25(41)12-24/h2-5,10,13-18,24-25,41H,6-9,11-12,31H2,1H3/t24?,25?,29-/m0/s1. The fourth-order valence-corrected chi connectivity index (χ4v) is 5.61. The van der Waals surface area contributed by atoms with Crippen LogP contribution in [0.5, 0.6) is 0 Å². The summed E-state index contributed by atoms with van der Waals surface area (Å²) in [6, 6.07) is 8.56. The van der Waals surface area contributed by atoms with Crippen molar-refractivity contribution < 1.29 is 9.50 Å². The van der Waals surface area contributed by atoms with E-state index in [1.165, 1.54) is 12.1 Å². The number of halogens is 1. The lowest BCUT2D eigenvalue weighted by atomic mass is 9.87. The highest BCUT2D eigenvalue weighted by Gasteiger charge is 2.30. The Balaban J connectivity index is 1.04. The van der Waals surface area contributed by atoms with Crippen LogP contribution >= 0.6 is 0 Å². The first-order valence-corrected chi connectivity index (χ1v) is 13.8. The van der Waals surface area contributed by atoms with Crippen molar-refractivity contribution in [2.75, 3.05) is 36.0 Å². The molecule has 12 heteroatoms. The van der Waals surface area contributed by atoms with E-state index < -0.39 is 5.54 Å². The van der Waals surface area contributed by atoms with Gasteiger partial charge in [0.05, 0.1) is 23.9 Å². The molecular weight excluding hydrogens is 523 g/mol. The number of nitrogens with two attached hydrogens (primary N) is 1. The van der Waals surface area contributed by atoms with Gasteiger partial charge in [-0.25, -0.2) is 23.9 Å². The lowest BCUT2D eigenvalue weighted by molar-refractivity contribution is 0.0434. The number of piperazine rings is 1. The molecule has 210 valence electrons. The van der Waals surface area contributed by atoms with Gasteiger partial charge in [-0.15, -0.1) is 0 Å². The number of fused-ring (bicyclic) bond motifs is 1. The first-order valence-electron chi connectivity index (χ1n) is 13.8. The summed E-state index contributed by atoms with van der Waals surface area (Å²) in [6.45, 7) is 4.86. The Bertz CT molecular complexity index is 1670. The lowest BCUT2D eigenvalue weighted by Crippen LogP contribution is -2.47. The molecule has 1 saturated heterocycles. The largest absolute Gasteiger partial charge is 0.393 e. The van der Waals surface area contributed by atoms with E-state index >= 15 is 0 Å². The van der Waals surface area contributed by atoms with E-state index in [0.717, 1.165) is 72.6 Å². The van der Waals surface area contributed by atoms with Gasteiger partial charge in [0.25, 0.3) is 0 Å². The number of nitrogens with zero attached hydrogens (tertiary/aromatic N) is 9. The second kappa shape index (κ2) is 9.89. The number of hydrogen-bond donors (Lipinski definition) is 2. The fraction of sp³-hybridized carbons (Fsp3) is 0.345. The average molecular weight is 555 g/mol. The molecule has 0 amide bonds. The highest BCUT2D eigenvalue weighted by molar-refractivity contribution is 5.77. The Morgan fingerprint density at radius 1 is 0.878 bits per heavy atom. The molecular formula is C29H31FN10O. The molecule has 7 rings (SSSR count). The molecule has 2 fully saturated rings. The molecule has 3 N–H and O–H groups in total. The van der Waals surface area contributed by atoms with Crippen LogP contribution in [-0.4, -0.2) is 71.7 Å². The van der Waals surface area contributed by atoms with Gasteiger partial charge in [0.2, 0.25) is 5.95 Å². The minimum absolute atomic E-state index is 0.219. The maximum atomic E-state index is 13.4. The van der Waals surface area contributed by atoms with Crippen LogP contribution in [-0.2, 0) is 5.54 Å². The maximum absolute atomic E-state index is 13.4. The third kappa shape index (κ3) is 4.68. The van der Waals surface area contributed by atoms with Gasteiger partial charge in [-0.2, -0.15) is 10.2 Å². The summed E-state index contributed by atoms with van der Waals surface area (Å²) in [5.74, 6) is 1.24. The summed E-state index contributed by atoms with van der Waals surface area (Å²) in [5.41, 5.74) is 10.3. The molecule has 11 nitrogen and oxygen atoms in total. The molecule has 5 aromatic rings. The minimum atomic E-state index is -0.836. The second-order valence-corrected chi connectivity index (χ2v) is 11.1. The molecule has 1 saturated carbocycles. The van der Waals surface area contributed by atoms with Gasteiger partial charge >= 0.3 is 0 Å². The van der Waals surface area contributed by atoms with E-state index in [9.17, 15) is 9.50 Å².